The number of carbonyl (C=O) groups excluding carboxylic acids is 2. The number of esters is 1. The van der Waals surface area contributed by atoms with E-state index in [1.54, 1.807) is 6.92 Å². The lowest BCUT2D eigenvalue weighted by Gasteiger charge is -2.16. The zero-order valence-electron chi connectivity index (χ0n) is 9.58. The molecule has 1 atom stereocenters. The van der Waals surface area contributed by atoms with Gasteiger partial charge in [-0.3, -0.25) is 9.59 Å². The van der Waals surface area contributed by atoms with E-state index in [2.05, 4.69) is 5.32 Å². The monoisotopic (exact) mass is 216 g/mol. The molecule has 1 unspecified atom stereocenters. The Bertz CT molecular complexity index is 199. The molecule has 0 radical (unpaired) electrons. The minimum Gasteiger partial charge on any atom is -0.465 e. The number of hydrogen-bond donors (Lipinski definition) is 2. The zero-order chi connectivity index (χ0) is 11.8. The lowest BCUT2D eigenvalue weighted by molar-refractivity contribution is -0.152. The van der Waals surface area contributed by atoms with Gasteiger partial charge in [0.15, 0.2) is 0 Å². The van der Waals surface area contributed by atoms with Gasteiger partial charge in [0.2, 0.25) is 5.91 Å². The summed E-state index contributed by atoms with van der Waals surface area (Å²) in [7, 11) is 0. The van der Waals surface area contributed by atoms with Crippen LogP contribution in [0.25, 0.3) is 0 Å². The number of hydrogen-bond acceptors (Lipinski definition) is 4. The highest BCUT2D eigenvalue weighted by Gasteiger charge is 2.28. The second-order valence-electron chi connectivity index (χ2n) is 3.68. The summed E-state index contributed by atoms with van der Waals surface area (Å²) in [6, 6.07) is 0. The highest BCUT2D eigenvalue weighted by Crippen LogP contribution is 2.13. The van der Waals surface area contributed by atoms with Crippen LogP contribution in [-0.4, -0.2) is 25.2 Å². The van der Waals surface area contributed by atoms with Crippen molar-refractivity contribution in [2.45, 2.75) is 27.2 Å². The van der Waals surface area contributed by atoms with Crippen molar-refractivity contribution in [2.24, 2.45) is 17.6 Å². The Morgan fingerprint density at radius 1 is 1.40 bits per heavy atom. The van der Waals surface area contributed by atoms with Crippen LogP contribution in [0.2, 0.25) is 0 Å². The standard InChI is InChI=1S/C10H20N2O3/c1-4-15-10(14)8(5-7(2)3)9(13)12-6-11/h7-8H,4-6,11H2,1-3H3,(H,12,13). The van der Waals surface area contributed by atoms with Gasteiger partial charge in [0.05, 0.1) is 13.3 Å². The van der Waals surface area contributed by atoms with Crippen molar-refractivity contribution >= 4 is 11.9 Å². The van der Waals surface area contributed by atoms with E-state index >= 15 is 0 Å². The van der Waals surface area contributed by atoms with Crippen molar-refractivity contribution < 1.29 is 14.3 Å². The van der Waals surface area contributed by atoms with E-state index in [9.17, 15) is 9.59 Å². The molecule has 0 aromatic carbocycles. The van der Waals surface area contributed by atoms with Gasteiger partial charge in [-0.05, 0) is 19.3 Å². The molecule has 0 aromatic heterocycles. The smallest absolute Gasteiger partial charge is 0.318 e. The first kappa shape index (κ1) is 13.9. The molecule has 0 heterocycles. The largest absolute Gasteiger partial charge is 0.465 e. The Labute approximate surface area is 90.4 Å². The minimum atomic E-state index is -0.742. The molecule has 88 valence electrons. The third-order valence-electron chi connectivity index (χ3n) is 1.87. The molecule has 0 bridgehead atoms. The van der Waals surface area contributed by atoms with E-state index in [-0.39, 0.29) is 25.1 Å². The van der Waals surface area contributed by atoms with Crippen molar-refractivity contribution in [1.29, 1.82) is 0 Å². The predicted octanol–water partition coefficient (Wildman–Crippen LogP) is 0.244. The minimum absolute atomic E-state index is 0.0346. The number of rotatable bonds is 6. The maximum Gasteiger partial charge on any atom is 0.318 e. The Balaban J connectivity index is 4.42. The van der Waals surface area contributed by atoms with Gasteiger partial charge in [-0.2, -0.15) is 0 Å². The molecular weight excluding hydrogens is 196 g/mol. The highest BCUT2D eigenvalue weighted by molar-refractivity contribution is 5.97. The van der Waals surface area contributed by atoms with E-state index < -0.39 is 11.9 Å². The fourth-order valence-electron chi connectivity index (χ4n) is 1.25. The van der Waals surface area contributed by atoms with Gasteiger partial charge in [0.1, 0.15) is 5.92 Å². The normalized spacial score (nSPS) is 12.3. The van der Waals surface area contributed by atoms with Crippen LogP contribution in [0.4, 0.5) is 0 Å². The molecule has 15 heavy (non-hydrogen) atoms. The molecule has 0 saturated heterocycles. The molecule has 0 aliphatic rings. The second kappa shape index (κ2) is 7.23. The molecule has 0 saturated carbocycles. The van der Waals surface area contributed by atoms with Gasteiger partial charge in [0, 0.05) is 0 Å². The van der Waals surface area contributed by atoms with E-state index in [0.29, 0.717) is 6.42 Å². The fraction of sp³-hybridized carbons (Fsp3) is 0.800. The van der Waals surface area contributed by atoms with Gasteiger partial charge in [-0.25, -0.2) is 0 Å². The third-order valence-corrected chi connectivity index (χ3v) is 1.87. The Morgan fingerprint density at radius 3 is 2.40 bits per heavy atom. The summed E-state index contributed by atoms with van der Waals surface area (Å²) in [5.74, 6) is -1.32. The molecule has 5 nitrogen and oxygen atoms in total. The van der Waals surface area contributed by atoms with Crippen LogP contribution < -0.4 is 11.1 Å². The van der Waals surface area contributed by atoms with Crippen LogP contribution in [0.15, 0.2) is 0 Å². The van der Waals surface area contributed by atoms with Crippen molar-refractivity contribution in [3.63, 3.8) is 0 Å². The number of nitrogens with one attached hydrogen (secondary N) is 1. The maximum absolute atomic E-state index is 11.5. The second-order valence-corrected chi connectivity index (χ2v) is 3.68. The molecule has 0 aromatic rings. The predicted molar refractivity (Wildman–Crippen MR) is 56.8 cm³/mol. The van der Waals surface area contributed by atoms with Crippen LogP contribution in [0, 0.1) is 11.8 Å². The van der Waals surface area contributed by atoms with Gasteiger partial charge in [-0.15, -0.1) is 0 Å². The first-order valence-electron chi connectivity index (χ1n) is 5.17. The zero-order valence-corrected chi connectivity index (χ0v) is 9.58. The van der Waals surface area contributed by atoms with Crippen molar-refractivity contribution in [3.05, 3.63) is 0 Å². The van der Waals surface area contributed by atoms with Crippen molar-refractivity contribution in [3.8, 4) is 0 Å². The maximum atomic E-state index is 11.5. The average molecular weight is 216 g/mol. The molecule has 3 N–H and O–H groups in total. The average Bonchev–Trinajstić information content (AvgIpc) is 2.14. The van der Waals surface area contributed by atoms with Crippen LogP contribution in [0.1, 0.15) is 27.2 Å². The van der Waals surface area contributed by atoms with E-state index in [1.807, 2.05) is 13.8 Å². The summed E-state index contributed by atoms with van der Waals surface area (Å²) in [5.41, 5.74) is 5.19. The van der Waals surface area contributed by atoms with E-state index in [1.165, 1.54) is 0 Å². The molecule has 0 aliphatic carbocycles. The summed E-state index contributed by atoms with van der Waals surface area (Å²) in [6.07, 6.45) is 0.477. The first-order chi connectivity index (χ1) is 7.02. The van der Waals surface area contributed by atoms with Gasteiger partial charge in [-0.1, -0.05) is 13.8 Å². The molecule has 0 spiro atoms. The molecule has 0 fully saturated rings. The summed E-state index contributed by atoms with van der Waals surface area (Å²) >= 11 is 0. The lowest BCUT2D eigenvalue weighted by atomic mass is 9.96. The summed E-state index contributed by atoms with van der Waals surface area (Å²) in [4.78, 5) is 23.0. The summed E-state index contributed by atoms with van der Waals surface area (Å²) < 4.78 is 4.83. The quantitative estimate of drug-likeness (QED) is 0.379. The van der Waals surface area contributed by atoms with Crippen LogP contribution in [-0.2, 0) is 14.3 Å². The number of amides is 1. The highest BCUT2D eigenvalue weighted by atomic mass is 16.5. The lowest BCUT2D eigenvalue weighted by Crippen LogP contribution is -2.39. The number of nitrogens with two attached hydrogens (primary N) is 1. The number of ether oxygens (including phenoxy) is 1. The Kier molecular flexibility index (Phi) is 6.70. The Morgan fingerprint density at radius 2 is 2.00 bits per heavy atom. The van der Waals surface area contributed by atoms with Crippen LogP contribution in [0.3, 0.4) is 0 Å². The molecular formula is C10H20N2O3. The number of carbonyl (C=O) groups is 2. The fourth-order valence-corrected chi connectivity index (χ4v) is 1.25. The third kappa shape index (κ3) is 5.37. The SMILES string of the molecule is CCOC(=O)C(CC(C)C)C(=O)NCN. The molecule has 0 rings (SSSR count). The summed E-state index contributed by atoms with van der Waals surface area (Å²) in [5, 5.41) is 2.43. The van der Waals surface area contributed by atoms with Crippen LogP contribution >= 0.6 is 0 Å². The molecule has 0 aliphatic heterocycles. The van der Waals surface area contributed by atoms with E-state index in [0.717, 1.165) is 0 Å². The topological polar surface area (TPSA) is 81.4 Å². The van der Waals surface area contributed by atoms with Gasteiger partial charge < -0.3 is 15.8 Å². The van der Waals surface area contributed by atoms with Crippen molar-refractivity contribution in [2.75, 3.05) is 13.3 Å². The van der Waals surface area contributed by atoms with Crippen molar-refractivity contribution in [1.82, 2.24) is 5.32 Å². The Hall–Kier alpha value is -1.10. The first-order valence-corrected chi connectivity index (χ1v) is 5.17. The summed E-state index contributed by atoms with van der Waals surface area (Å²) in [6.45, 7) is 5.92. The molecule has 5 heteroatoms. The van der Waals surface area contributed by atoms with E-state index in [4.69, 9.17) is 10.5 Å². The molecule has 1 amide bonds. The van der Waals surface area contributed by atoms with Crippen LogP contribution in [0.5, 0.6) is 0 Å². The van der Waals surface area contributed by atoms with Gasteiger partial charge in [0.25, 0.3) is 0 Å². The van der Waals surface area contributed by atoms with Gasteiger partial charge >= 0.3 is 5.97 Å².